The largest absolute Gasteiger partial charge is 0.416 e. The van der Waals surface area contributed by atoms with Crippen LogP contribution in [0.4, 0.5) is 18.9 Å². The maximum Gasteiger partial charge on any atom is 0.416 e. The molecule has 0 unspecified atom stereocenters. The van der Waals surface area contributed by atoms with Crippen LogP contribution >= 0.6 is 11.9 Å². The highest BCUT2D eigenvalue weighted by molar-refractivity contribution is 7.99. The smallest absolute Gasteiger partial charge is 0.350 e. The van der Waals surface area contributed by atoms with Gasteiger partial charge in [-0.05, 0) is 72.1 Å². The van der Waals surface area contributed by atoms with Gasteiger partial charge in [-0.1, -0.05) is 30.1 Å². The second kappa shape index (κ2) is 8.37. The molecule has 0 bridgehead atoms. The Labute approximate surface area is 171 Å². The summed E-state index contributed by atoms with van der Waals surface area (Å²) in [4.78, 5) is 12.4. The number of halogens is 3. The first-order valence-electron chi connectivity index (χ1n) is 9.04. The molecule has 7 heteroatoms. The Bertz CT molecular complexity index is 1030. The summed E-state index contributed by atoms with van der Waals surface area (Å²) in [5.41, 5.74) is 2.12. The Morgan fingerprint density at radius 3 is 2.28 bits per heavy atom. The van der Waals surface area contributed by atoms with E-state index in [1.54, 1.807) is 12.1 Å². The van der Waals surface area contributed by atoms with Gasteiger partial charge in [-0.2, -0.15) is 13.2 Å². The molecule has 0 radical (unpaired) electrons. The van der Waals surface area contributed by atoms with E-state index in [2.05, 4.69) is 10.0 Å². The zero-order valence-electron chi connectivity index (χ0n) is 16.2. The molecule has 0 aliphatic rings. The fourth-order valence-corrected chi connectivity index (χ4v) is 3.46. The van der Waals surface area contributed by atoms with Crippen LogP contribution in [0.1, 0.15) is 29.8 Å². The highest BCUT2D eigenvalue weighted by Crippen LogP contribution is 2.36. The number of alkyl halides is 3. The molecule has 3 aromatic rings. The van der Waals surface area contributed by atoms with Crippen molar-refractivity contribution in [1.29, 1.82) is 0 Å². The number of carbonyl (C=O) groups excluding carboxylic acids is 1. The molecular weight excluding hydrogens is 397 g/mol. The number of fused-ring (bicyclic) bond motifs is 1. The van der Waals surface area contributed by atoms with Gasteiger partial charge in [-0.3, -0.25) is 4.79 Å². The number of carbonyl (C=O) groups is 1. The van der Waals surface area contributed by atoms with Crippen molar-refractivity contribution in [2.24, 2.45) is 0 Å². The molecule has 0 aromatic heterocycles. The van der Waals surface area contributed by atoms with Crippen molar-refractivity contribution in [2.45, 2.75) is 26.1 Å². The van der Waals surface area contributed by atoms with Gasteiger partial charge >= 0.3 is 6.18 Å². The lowest BCUT2D eigenvalue weighted by Gasteiger charge is -2.14. The summed E-state index contributed by atoms with van der Waals surface area (Å²) < 4.78 is 41.9. The van der Waals surface area contributed by atoms with Crippen LogP contribution in [0.2, 0.25) is 0 Å². The monoisotopic (exact) mass is 418 g/mol. The van der Waals surface area contributed by atoms with Gasteiger partial charge in [-0.15, -0.1) is 0 Å². The van der Waals surface area contributed by atoms with Crippen LogP contribution in [-0.2, 0) is 6.18 Å². The minimum absolute atomic E-state index is 0.0189. The second-order valence-corrected chi connectivity index (χ2v) is 7.58. The summed E-state index contributed by atoms with van der Waals surface area (Å²) in [6.07, 6.45) is -2.49. The minimum atomic E-state index is -4.37. The summed E-state index contributed by atoms with van der Waals surface area (Å²) in [5.74, 6) is -0.166. The molecule has 0 fully saturated rings. The molecule has 3 aromatic carbocycles. The lowest BCUT2D eigenvalue weighted by molar-refractivity contribution is -0.137. The van der Waals surface area contributed by atoms with Crippen LogP contribution in [0.15, 0.2) is 54.6 Å². The maximum absolute atomic E-state index is 12.9. The van der Waals surface area contributed by atoms with E-state index in [-0.39, 0.29) is 11.9 Å². The number of anilines is 1. The molecule has 0 aliphatic heterocycles. The van der Waals surface area contributed by atoms with Crippen LogP contribution in [0.5, 0.6) is 0 Å². The first-order valence-corrected chi connectivity index (χ1v) is 10.3. The first kappa shape index (κ1) is 21.0. The molecule has 0 spiro atoms. The van der Waals surface area contributed by atoms with E-state index in [1.165, 1.54) is 24.1 Å². The molecule has 1 amide bonds. The average Bonchev–Trinajstić information content (AvgIpc) is 2.66. The summed E-state index contributed by atoms with van der Waals surface area (Å²) in [5, 5.41) is 4.55. The van der Waals surface area contributed by atoms with Crippen molar-refractivity contribution in [3.05, 3.63) is 65.7 Å². The van der Waals surface area contributed by atoms with Gasteiger partial charge in [0.1, 0.15) is 0 Å². The molecule has 0 heterocycles. The van der Waals surface area contributed by atoms with E-state index in [0.29, 0.717) is 11.1 Å². The van der Waals surface area contributed by atoms with Gasteiger partial charge in [0.05, 0.1) is 5.56 Å². The zero-order chi connectivity index (χ0) is 21.2. The predicted molar refractivity (Wildman–Crippen MR) is 114 cm³/mol. The Kier molecular flexibility index (Phi) is 6.07. The van der Waals surface area contributed by atoms with Crippen LogP contribution in [0, 0.1) is 0 Å². The summed E-state index contributed by atoms with van der Waals surface area (Å²) in [6.45, 7) is 3.78. The number of hydrogen-bond donors (Lipinski definition) is 2. The molecule has 0 saturated carbocycles. The predicted octanol–water partition coefficient (Wildman–Crippen LogP) is 6.35. The lowest BCUT2D eigenvalue weighted by atomic mass is 9.95. The minimum Gasteiger partial charge on any atom is -0.350 e. The lowest BCUT2D eigenvalue weighted by Crippen LogP contribution is -2.29. The molecule has 29 heavy (non-hydrogen) atoms. The quantitative estimate of drug-likeness (QED) is 0.474. The standard InChI is InChI=1S/C22H21F3N2OS/c1-13(2)26-21(28)15-6-9-19-16(10-15)11-18(27-29-3)12-20(19)14-4-7-17(8-5-14)22(23,24)25/h4-13,27H,1-3H3,(H,26,28). The van der Waals surface area contributed by atoms with Crippen molar-refractivity contribution in [1.82, 2.24) is 5.32 Å². The van der Waals surface area contributed by atoms with E-state index in [1.807, 2.05) is 38.3 Å². The van der Waals surface area contributed by atoms with E-state index in [9.17, 15) is 18.0 Å². The fraction of sp³-hybridized carbons (Fsp3) is 0.227. The summed E-state index contributed by atoms with van der Waals surface area (Å²) >= 11 is 1.41. The third kappa shape index (κ3) is 4.85. The Morgan fingerprint density at radius 1 is 1.00 bits per heavy atom. The van der Waals surface area contributed by atoms with Crippen molar-refractivity contribution in [3.63, 3.8) is 0 Å². The van der Waals surface area contributed by atoms with Crippen LogP contribution in [0.3, 0.4) is 0 Å². The van der Waals surface area contributed by atoms with Crippen LogP contribution in [-0.4, -0.2) is 18.2 Å². The highest BCUT2D eigenvalue weighted by Gasteiger charge is 2.30. The van der Waals surface area contributed by atoms with Gasteiger partial charge < -0.3 is 10.0 Å². The SMILES string of the molecule is CSNc1cc(-c2ccc(C(F)(F)F)cc2)c2ccc(C(=O)NC(C)C)cc2c1. The Hall–Kier alpha value is -2.67. The molecule has 0 aliphatic carbocycles. The van der Waals surface area contributed by atoms with Crippen molar-refractivity contribution >= 4 is 34.3 Å². The summed E-state index contributed by atoms with van der Waals surface area (Å²) in [6, 6.07) is 14.3. The van der Waals surface area contributed by atoms with Gasteiger partial charge in [0.2, 0.25) is 0 Å². The second-order valence-electron chi connectivity index (χ2n) is 6.97. The van der Waals surface area contributed by atoms with Gasteiger partial charge in [-0.25, -0.2) is 0 Å². The van der Waals surface area contributed by atoms with Crippen molar-refractivity contribution in [2.75, 3.05) is 11.0 Å². The highest BCUT2D eigenvalue weighted by atomic mass is 32.2. The van der Waals surface area contributed by atoms with E-state index < -0.39 is 11.7 Å². The average molecular weight is 418 g/mol. The van der Waals surface area contributed by atoms with E-state index in [0.717, 1.165) is 34.2 Å². The molecular formula is C22H21F3N2OS. The van der Waals surface area contributed by atoms with Crippen molar-refractivity contribution in [3.8, 4) is 11.1 Å². The van der Waals surface area contributed by atoms with E-state index >= 15 is 0 Å². The third-order valence-electron chi connectivity index (χ3n) is 4.38. The van der Waals surface area contributed by atoms with Crippen molar-refractivity contribution < 1.29 is 18.0 Å². The molecule has 3 nitrogen and oxygen atoms in total. The number of amides is 1. The molecule has 3 rings (SSSR count). The molecule has 0 atom stereocenters. The Balaban J connectivity index is 2.11. The number of nitrogens with one attached hydrogen (secondary N) is 2. The normalized spacial score (nSPS) is 11.7. The number of rotatable bonds is 5. The van der Waals surface area contributed by atoms with Crippen LogP contribution < -0.4 is 10.0 Å². The van der Waals surface area contributed by atoms with Gasteiger partial charge in [0, 0.05) is 23.5 Å². The zero-order valence-corrected chi connectivity index (χ0v) is 17.0. The fourth-order valence-electron chi connectivity index (χ4n) is 3.11. The maximum atomic E-state index is 12.9. The topological polar surface area (TPSA) is 41.1 Å². The Morgan fingerprint density at radius 2 is 1.69 bits per heavy atom. The third-order valence-corrected chi connectivity index (χ3v) is 4.82. The molecule has 0 saturated heterocycles. The van der Waals surface area contributed by atoms with Gasteiger partial charge in [0.15, 0.2) is 0 Å². The van der Waals surface area contributed by atoms with Gasteiger partial charge in [0.25, 0.3) is 5.91 Å². The molecule has 2 N–H and O–H groups in total. The van der Waals surface area contributed by atoms with Crippen LogP contribution in [0.25, 0.3) is 21.9 Å². The number of benzene rings is 3. The van der Waals surface area contributed by atoms with E-state index in [4.69, 9.17) is 0 Å². The first-order chi connectivity index (χ1) is 13.7. The molecule has 152 valence electrons. The summed E-state index contributed by atoms with van der Waals surface area (Å²) in [7, 11) is 0. The number of hydrogen-bond acceptors (Lipinski definition) is 3.